The van der Waals surface area contributed by atoms with E-state index in [-0.39, 0.29) is 6.04 Å². The van der Waals surface area contributed by atoms with Gasteiger partial charge in [0, 0.05) is 51.4 Å². The average Bonchev–Trinajstić information content (AvgIpc) is 2.64. The van der Waals surface area contributed by atoms with Crippen molar-refractivity contribution in [2.24, 2.45) is 18.7 Å². The van der Waals surface area contributed by atoms with Crippen LogP contribution < -0.4 is 10.6 Å². The largest absolute Gasteiger partial charge is 0.354 e. The molecule has 21 heavy (non-hydrogen) atoms. The summed E-state index contributed by atoms with van der Waals surface area (Å²) < 4.78 is 2.03. The van der Waals surface area contributed by atoms with Crippen molar-refractivity contribution in [3.63, 3.8) is 0 Å². The second-order valence-corrected chi connectivity index (χ2v) is 6.87. The van der Waals surface area contributed by atoms with Crippen molar-refractivity contribution in [1.82, 2.24) is 14.7 Å². The molecule has 0 amide bonds. The lowest BCUT2D eigenvalue weighted by atomic mass is 10.1. The maximum Gasteiger partial charge on any atom is 0.130 e. The number of anilines is 1. The minimum absolute atomic E-state index is 0.175. The molecule has 120 valence electrons. The molecule has 1 saturated heterocycles. The maximum absolute atomic E-state index is 6.01. The van der Waals surface area contributed by atoms with Crippen LogP contribution in [0.15, 0.2) is 0 Å². The first-order valence-electron chi connectivity index (χ1n) is 8.13. The van der Waals surface area contributed by atoms with Gasteiger partial charge >= 0.3 is 0 Å². The zero-order valence-electron chi connectivity index (χ0n) is 14.3. The van der Waals surface area contributed by atoms with Crippen molar-refractivity contribution < 1.29 is 0 Å². The van der Waals surface area contributed by atoms with Gasteiger partial charge in [-0.25, -0.2) is 0 Å². The lowest BCUT2D eigenvalue weighted by molar-refractivity contribution is 0.230. The first-order valence-corrected chi connectivity index (χ1v) is 8.13. The number of hydrogen-bond donors (Lipinski definition) is 1. The number of aryl methyl sites for hydroxylation is 2. The molecule has 1 fully saturated rings. The van der Waals surface area contributed by atoms with Gasteiger partial charge in [-0.05, 0) is 26.2 Å². The van der Waals surface area contributed by atoms with Gasteiger partial charge in [0.05, 0.1) is 5.69 Å². The molecule has 0 saturated carbocycles. The molecule has 1 unspecified atom stereocenters. The zero-order valence-corrected chi connectivity index (χ0v) is 14.3. The van der Waals surface area contributed by atoms with Gasteiger partial charge in [-0.2, -0.15) is 5.10 Å². The van der Waals surface area contributed by atoms with Crippen molar-refractivity contribution >= 4 is 5.82 Å². The van der Waals surface area contributed by atoms with Gasteiger partial charge in [0.15, 0.2) is 0 Å². The standard InChI is InChI=1S/C16H31N5/c1-12(2)11-20-6-8-21(9-7-20)16-15(10-13(3)17)14(4)18-19(16)5/h12-13H,6-11,17H2,1-5H3. The Kier molecular flexibility index (Phi) is 5.27. The molecule has 0 radical (unpaired) electrons. The van der Waals surface area contributed by atoms with E-state index >= 15 is 0 Å². The molecular weight excluding hydrogens is 262 g/mol. The summed E-state index contributed by atoms with van der Waals surface area (Å²) in [6.45, 7) is 14.4. The quantitative estimate of drug-likeness (QED) is 0.891. The highest BCUT2D eigenvalue weighted by Gasteiger charge is 2.24. The molecule has 5 nitrogen and oxygen atoms in total. The normalized spacial score (nSPS) is 18.5. The molecule has 2 N–H and O–H groups in total. The number of nitrogens with two attached hydrogens (primary N) is 1. The fourth-order valence-corrected chi connectivity index (χ4v) is 3.30. The lowest BCUT2D eigenvalue weighted by Gasteiger charge is -2.37. The van der Waals surface area contributed by atoms with Crippen LogP contribution in [0.3, 0.4) is 0 Å². The van der Waals surface area contributed by atoms with Gasteiger partial charge in [-0.15, -0.1) is 0 Å². The highest BCUT2D eigenvalue weighted by Crippen LogP contribution is 2.25. The highest BCUT2D eigenvalue weighted by molar-refractivity contribution is 5.51. The van der Waals surface area contributed by atoms with Crippen molar-refractivity contribution in [1.29, 1.82) is 0 Å². The Morgan fingerprint density at radius 3 is 2.29 bits per heavy atom. The van der Waals surface area contributed by atoms with Crippen LogP contribution in [0.1, 0.15) is 32.0 Å². The highest BCUT2D eigenvalue weighted by atomic mass is 15.4. The molecule has 1 aliphatic heterocycles. The first-order chi connectivity index (χ1) is 9.88. The third-order valence-electron chi connectivity index (χ3n) is 4.13. The molecule has 1 atom stereocenters. The van der Waals surface area contributed by atoms with Crippen molar-refractivity contribution in [2.75, 3.05) is 37.6 Å². The van der Waals surface area contributed by atoms with E-state index < -0.39 is 0 Å². The monoisotopic (exact) mass is 293 g/mol. The Balaban J connectivity index is 2.09. The van der Waals surface area contributed by atoms with E-state index in [1.165, 1.54) is 17.9 Å². The molecule has 2 rings (SSSR count). The first kappa shape index (κ1) is 16.3. The number of hydrogen-bond acceptors (Lipinski definition) is 4. The van der Waals surface area contributed by atoms with Crippen LogP contribution in [-0.4, -0.2) is 53.4 Å². The van der Waals surface area contributed by atoms with Gasteiger partial charge in [0.1, 0.15) is 5.82 Å². The minimum Gasteiger partial charge on any atom is -0.354 e. The second-order valence-electron chi connectivity index (χ2n) is 6.87. The Morgan fingerprint density at radius 2 is 1.76 bits per heavy atom. The van der Waals surface area contributed by atoms with E-state index in [1.807, 2.05) is 11.7 Å². The van der Waals surface area contributed by atoms with Crippen LogP contribution in [0.2, 0.25) is 0 Å². The van der Waals surface area contributed by atoms with E-state index in [0.717, 1.165) is 44.2 Å². The molecule has 0 aromatic carbocycles. The van der Waals surface area contributed by atoms with E-state index in [4.69, 9.17) is 5.73 Å². The Hall–Kier alpha value is -1.07. The van der Waals surface area contributed by atoms with Gasteiger partial charge in [0.25, 0.3) is 0 Å². The molecule has 0 bridgehead atoms. The van der Waals surface area contributed by atoms with Crippen molar-refractivity contribution in [3.05, 3.63) is 11.3 Å². The van der Waals surface area contributed by atoms with E-state index in [1.54, 1.807) is 0 Å². The molecule has 2 heterocycles. The summed E-state index contributed by atoms with van der Waals surface area (Å²) in [5.74, 6) is 2.01. The molecule has 1 aromatic heterocycles. The van der Waals surface area contributed by atoms with Gasteiger partial charge in [-0.1, -0.05) is 13.8 Å². The van der Waals surface area contributed by atoms with E-state index in [0.29, 0.717) is 0 Å². The summed E-state index contributed by atoms with van der Waals surface area (Å²) in [5, 5.41) is 4.61. The third-order valence-corrected chi connectivity index (χ3v) is 4.13. The zero-order chi connectivity index (χ0) is 15.6. The van der Waals surface area contributed by atoms with Crippen LogP contribution >= 0.6 is 0 Å². The van der Waals surface area contributed by atoms with Crippen molar-refractivity contribution in [2.45, 2.75) is 40.2 Å². The van der Waals surface area contributed by atoms with E-state index in [2.05, 4.69) is 42.6 Å². The number of nitrogens with zero attached hydrogens (tertiary/aromatic N) is 4. The summed E-state index contributed by atoms with van der Waals surface area (Å²) in [6.07, 6.45) is 0.904. The van der Waals surface area contributed by atoms with Crippen molar-refractivity contribution in [3.8, 4) is 0 Å². The summed E-state index contributed by atoms with van der Waals surface area (Å²) in [4.78, 5) is 5.05. The molecule has 5 heteroatoms. The van der Waals surface area contributed by atoms with Crippen LogP contribution in [0.4, 0.5) is 5.82 Å². The Morgan fingerprint density at radius 1 is 1.14 bits per heavy atom. The second kappa shape index (κ2) is 6.79. The Labute approximate surface area is 129 Å². The smallest absolute Gasteiger partial charge is 0.130 e. The fraction of sp³-hybridized carbons (Fsp3) is 0.812. The summed E-state index contributed by atoms with van der Waals surface area (Å²) in [6, 6.07) is 0.175. The van der Waals surface area contributed by atoms with Crippen LogP contribution in [0.25, 0.3) is 0 Å². The number of piperazine rings is 1. The van der Waals surface area contributed by atoms with Crippen LogP contribution in [0, 0.1) is 12.8 Å². The molecule has 0 aliphatic carbocycles. The topological polar surface area (TPSA) is 50.3 Å². The molecular formula is C16H31N5. The lowest BCUT2D eigenvalue weighted by Crippen LogP contribution is -2.48. The molecule has 0 spiro atoms. The van der Waals surface area contributed by atoms with E-state index in [9.17, 15) is 0 Å². The summed E-state index contributed by atoms with van der Waals surface area (Å²) in [7, 11) is 2.05. The van der Waals surface area contributed by atoms with Crippen LogP contribution in [0.5, 0.6) is 0 Å². The third kappa shape index (κ3) is 3.98. The number of rotatable bonds is 5. The fourth-order valence-electron chi connectivity index (χ4n) is 3.30. The minimum atomic E-state index is 0.175. The predicted molar refractivity (Wildman–Crippen MR) is 88.8 cm³/mol. The number of aromatic nitrogens is 2. The van der Waals surface area contributed by atoms with Gasteiger partial charge in [-0.3, -0.25) is 9.58 Å². The van der Waals surface area contributed by atoms with Crippen LogP contribution in [-0.2, 0) is 13.5 Å². The van der Waals surface area contributed by atoms with Gasteiger partial charge < -0.3 is 10.6 Å². The maximum atomic E-state index is 6.01. The average molecular weight is 293 g/mol. The van der Waals surface area contributed by atoms with Gasteiger partial charge in [0.2, 0.25) is 0 Å². The summed E-state index contributed by atoms with van der Waals surface area (Å²) in [5.41, 5.74) is 8.46. The molecule has 1 aliphatic rings. The summed E-state index contributed by atoms with van der Waals surface area (Å²) >= 11 is 0. The molecule has 1 aromatic rings. The SMILES string of the molecule is Cc1nn(C)c(N2CCN(CC(C)C)CC2)c1CC(C)N. The predicted octanol–water partition coefficient (Wildman–Crippen LogP) is 1.40. The Bertz CT molecular complexity index is 455.